The number of benzene rings is 1. The monoisotopic (exact) mass is 325 g/mol. The molecule has 1 aliphatic heterocycles. The topological polar surface area (TPSA) is 83.7 Å². The second kappa shape index (κ2) is 6.76. The van der Waals surface area contributed by atoms with Gasteiger partial charge >= 0.3 is 0 Å². The van der Waals surface area contributed by atoms with Gasteiger partial charge in [-0.1, -0.05) is 18.2 Å². The average molecular weight is 325 g/mol. The second-order valence-corrected chi connectivity index (χ2v) is 7.79. The van der Waals surface area contributed by atoms with Crippen LogP contribution in [0.15, 0.2) is 24.3 Å². The second-order valence-electron chi connectivity index (χ2n) is 6.13. The minimum absolute atomic E-state index is 0.0330. The Bertz CT molecular complexity index is 643. The summed E-state index contributed by atoms with van der Waals surface area (Å²) in [5, 5.41) is 5.09. The molecule has 2 N–H and O–H groups in total. The lowest BCUT2D eigenvalue weighted by molar-refractivity contribution is 0.0786. The molecule has 2 rings (SSSR count). The van der Waals surface area contributed by atoms with Gasteiger partial charge in [0.2, 0.25) is 10.0 Å². The number of carbonyl (C=O) groups is 1. The van der Waals surface area contributed by atoms with Gasteiger partial charge in [-0.3, -0.25) is 4.79 Å². The third-order valence-corrected chi connectivity index (χ3v) is 4.71. The molecule has 1 fully saturated rings. The van der Waals surface area contributed by atoms with Crippen LogP contribution < -0.4 is 5.14 Å². The van der Waals surface area contributed by atoms with E-state index in [9.17, 15) is 13.2 Å². The van der Waals surface area contributed by atoms with E-state index in [1.54, 1.807) is 4.90 Å². The molecule has 1 unspecified atom stereocenters. The van der Waals surface area contributed by atoms with Gasteiger partial charge in [0.25, 0.3) is 5.91 Å². The van der Waals surface area contributed by atoms with E-state index in [1.165, 1.54) is 0 Å². The average Bonchev–Trinajstić information content (AvgIpc) is 2.84. The number of carbonyl (C=O) groups excluding carboxylic acids is 1. The largest absolute Gasteiger partial charge is 0.338 e. The van der Waals surface area contributed by atoms with E-state index in [2.05, 4.69) is 0 Å². The van der Waals surface area contributed by atoms with Gasteiger partial charge in [-0.15, -0.1) is 0 Å². The Hall–Kier alpha value is -1.44. The van der Waals surface area contributed by atoms with Crippen molar-refractivity contribution in [2.45, 2.75) is 13.0 Å². The Kier molecular flexibility index (Phi) is 5.20. The van der Waals surface area contributed by atoms with E-state index in [4.69, 9.17) is 5.14 Å². The highest BCUT2D eigenvalue weighted by Gasteiger charge is 2.30. The van der Waals surface area contributed by atoms with Crippen molar-refractivity contribution in [3.05, 3.63) is 35.4 Å². The number of hydrogen-bond acceptors (Lipinski definition) is 4. The summed E-state index contributed by atoms with van der Waals surface area (Å²) in [5.74, 6) is -0.162. The third kappa shape index (κ3) is 4.53. The van der Waals surface area contributed by atoms with Crippen molar-refractivity contribution in [3.63, 3.8) is 0 Å². The highest BCUT2D eigenvalue weighted by Crippen LogP contribution is 2.21. The van der Waals surface area contributed by atoms with Gasteiger partial charge in [0, 0.05) is 25.2 Å². The quantitative estimate of drug-likeness (QED) is 0.854. The Labute approximate surface area is 131 Å². The molecule has 0 radical (unpaired) electrons. The van der Waals surface area contributed by atoms with Crippen molar-refractivity contribution in [1.82, 2.24) is 9.80 Å². The normalized spacial score (nSPS) is 18.9. The number of nitrogens with zero attached hydrogens (tertiary/aromatic N) is 2. The van der Waals surface area contributed by atoms with Crippen molar-refractivity contribution in [1.29, 1.82) is 0 Å². The van der Waals surface area contributed by atoms with Crippen LogP contribution in [0.25, 0.3) is 0 Å². The highest BCUT2D eigenvalue weighted by molar-refractivity contribution is 7.89. The van der Waals surface area contributed by atoms with Crippen molar-refractivity contribution >= 4 is 15.9 Å². The smallest absolute Gasteiger partial charge is 0.254 e. The molecular formula is C15H23N3O3S. The minimum Gasteiger partial charge on any atom is -0.338 e. The van der Waals surface area contributed by atoms with Crippen LogP contribution in [-0.4, -0.2) is 57.1 Å². The van der Waals surface area contributed by atoms with E-state index in [-0.39, 0.29) is 17.6 Å². The molecule has 0 aliphatic carbocycles. The van der Waals surface area contributed by atoms with Crippen molar-refractivity contribution in [3.8, 4) is 0 Å². The molecule has 0 spiro atoms. The fourth-order valence-corrected chi connectivity index (χ4v) is 3.79. The van der Waals surface area contributed by atoms with Gasteiger partial charge in [-0.05, 0) is 38.1 Å². The molecule has 1 aromatic rings. The SMILES string of the molecule is CN(C)Cc1ccccc1C(=O)N1CCC(CS(N)(=O)=O)C1. The van der Waals surface area contributed by atoms with E-state index in [0.29, 0.717) is 31.6 Å². The van der Waals surface area contributed by atoms with Crippen molar-refractivity contribution in [2.75, 3.05) is 32.9 Å². The number of sulfonamides is 1. The van der Waals surface area contributed by atoms with Gasteiger partial charge in [0.05, 0.1) is 5.75 Å². The first-order valence-electron chi connectivity index (χ1n) is 7.28. The molecule has 122 valence electrons. The predicted octanol–water partition coefficient (Wildman–Crippen LogP) is 0.499. The van der Waals surface area contributed by atoms with Crippen LogP contribution in [0, 0.1) is 5.92 Å². The molecule has 0 aromatic heterocycles. The highest BCUT2D eigenvalue weighted by atomic mass is 32.2. The standard InChI is InChI=1S/C15H23N3O3S/c1-17(2)10-13-5-3-4-6-14(13)15(19)18-8-7-12(9-18)11-22(16,20)21/h3-6,12H,7-11H2,1-2H3,(H2,16,20,21). The van der Waals surface area contributed by atoms with Crippen LogP contribution in [0.4, 0.5) is 0 Å². The molecule has 1 aliphatic rings. The Morgan fingerprint density at radius 1 is 1.36 bits per heavy atom. The predicted molar refractivity (Wildman–Crippen MR) is 85.8 cm³/mol. The number of rotatable bonds is 5. The summed E-state index contributed by atoms with van der Waals surface area (Å²) in [6, 6.07) is 7.55. The molecule has 6 nitrogen and oxygen atoms in total. The van der Waals surface area contributed by atoms with Crippen molar-refractivity contribution < 1.29 is 13.2 Å². The van der Waals surface area contributed by atoms with Crippen LogP contribution in [0.1, 0.15) is 22.3 Å². The molecule has 1 atom stereocenters. The summed E-state index contributed by atoms with van der Waals surface area (Å²) in [6.45, 7) is 1.72. The first-order chi connectivity index (χ1) is 10.3. The maximum Gasteiger partial charge on any atom is 0.254 e. The molecule has 0 bridgehead atoms. The van der Waals surface area contributed by atoms with Crippen molar-refractivity contribution in [2.24, 2.45) is 11.1 Å². The maximum atomic E-state index is 12.7. The summed E-state index contributed by atoms with van der Waals surface area (Å²) in [6.07, 6.45) is 0.679. The first kappa shape index (κ1) is 16.9. The fourth-order valence-electron chi connectivity index (χ4n) is 2.86. The zero-order chi connectivity index (χ0) is 16.3. The van der Waals surface area contributed by atoms with Crippen LogP contribution in [0.2, 0.25) is 0 Å². The number of amides is 1. The molecular weight excluding hydrogens is 302 g/mol. The van der Waals surface area contributed by atoms with E-state index in [0.717, 1.165) is 5.56 Å². The van der Waals surface area contributed by atoms with Crippen LogP contribution in [0.3, 0.4) is 0 Å². The van der Waals surface area contributed by atoms with Gasteiger partial charge < -0.3 is 9.80 Å². The molecule has 0 saturated carbocycles. The van der Waals surface area contributed by atoms with E-state index >= 15 is 0 Å². The fraction of sp³-hybridized carbons (Fsp3) is 0.533. The number of nitrogens with two attached hydrogens (primary N) is 1. The molecule has 1 amide bonds. The molecule has 1 saturated heterocycles. The zero-order valence-electron chi connectivity index (χ0n) is 13.0. The van der Waals surface area contributed by atoms with Crippen LogP contribution in [0.5, 0.6) is 0 Å². The van der Waals surface area contributed by atoms with Gasteiger partial charge in [-0.2, -0.15) is 0 Å². The van der Waals surface area contributed by atoms with Crippen LogP contribution >= 0.6 is 0 Å². The van der Waals surface area contributed by atoms with Gasteiger partial charge in [0.1, 0.15) is 0 Å². The Morgan fingerprint density at radius 3 is 2.68 bits per heavy atom. The minimum atomic E-state index is -3.49. The zero-order valence-corrected chi connectivity index (χ0v) is 13.8. The molecule has 1 heterocycles. The first-order valence-corrected chi connectivity index (χ1v) is 9.00. The number of primary sulfonamides is 1. The van der Waals surface area contributed by atoms with Gasteiger partial charge in [0.15, 0.2) is 0 Å². The summed E-state index contributed by atoms with van der Waals surface area (Å²) >= 11 is 0. The maximum absolute atomic E-state index is 12.7. The van der Waals surface area contributed by atoms with E-state index < -0.39 is 10.0 Å². The lowest BCUT2D eigenvalue weighted by atomic mass is 10.1. The number of likely N-dealkylation sites (tertiary alicyclic amines) is 1. The molecule has 22 heavy (non-hydrogen) atoms. The summed E-state index contributed by atoms with van der Waals surface area (Å²) in [4.78, 5) is 16.4. The Morgan fingerprint density at radius 2 is 2.05 bits per heavy atom. The molecule has 1 aromatic carbocycles. The summed E-state index contributed by atoms with van der Waals surface area (Å²) in [7, 11) is 0.425. The Balaban J connectivity index is 2.10. The van der Waals surface area contributed by atoms with Crippen LogP contribution in [-0.2, 0) is 16.6 Å². The summed E-state index contributed by atoms with van der Waals surface area (Å²) < 4.78 is 22.4. The molecule has 7 heteroatoms. The summed E-state index contributed by atoms with van der Waals surface area (Å²) in [5.41, 5.74) is 1.67. The lowest BCUT2D eigenvalue weighted by Gasteiger charge is -2.20. The van der Waals surface area contributed by atoms with E-state index in [1.807, 2.05) is 43.3 Å². The lowest BCUT2D eigenvalue weighted by Crippen LogP contribution is -2.31. The third-order valence-electron chi connectivity index (χ3n) is 3.78. The number of hydrogen-bond donors (Lipinski definition) is 1. The van der Waals surface area contributed by atoms with Gasteiger partial charge in [-0.25, -0.2) is 13.6 Å².